The molecule has 150 valence electrons. The molecule has 0 aliphatic heterocycles. The van der Waals surface area contributed by atoms with Gasteiger partial charge in [0.1, 0.15) is 0 Å². The summed E-state index contributed by atoms with van der Waals surface area (Å²) in [5, 5.41) is 11.9. The lowest BCUT2D eigenvalue weighted by molar-refractivity contribution is -0.113. The highest BCUT2D eigenvalue weighted by molar-refractivity contribution is 7.99. The van der Waals surface area contributed by atoms with Crippen LogP contribution in [0.15, 0.2) is 53.7 Å². The molecule has 1 N–H and O–H groups in total. The van der Waals surface area contributed by atoms with Crippen LogP contribution < -0.4 is 10.2 Å². The van der Waals surface area contributed by atoms with Crippen LogP contribution in [0, 0.1) is 0 Å². The van der Waals surface area contributed by atoms with Gasteiger partial charge in [0.05, 0.1) is 5.75 Å². The second-order valence-corrected chi connectivity index (χ2v) is 7.72. The molecule has 0 bridgehead atoms. The van der Waals surface area contributed by atoms with Crippen LogP contribution in [0.5, 0.6) is 0 Å². The zero-order valence-electron chi connectivity index (χ0n) is 16.8. The molecule has 7 nitrogen and oxygen atoms in total. The van der Waals surface area contributed by atoms with Crippen molar-refractivity contribution < 1.29 is 9.59 Å². The standard InChI is InChI=1S/C21H23N5O2S/c1-14(27)16-6-5-7-17(12-16)22-19(28)13-29-21-24-23-20(26(21)4)15-8-10-18(11-9-15)25(2)3/h5-12H,13H2,1-4H3,(H,22,28). The lowest BCUT2D eigenvalue weighted by atomic mass is 10.1. The Labute approximate surface area is 174 Å². The quantitative estimate of drug-likeness (QED) is 0.475. The Kier molecular flexibility index (Phi) is 6.33. The van der Waals surface area contributed by atoms with E-state index in [4.69, 9.17) is 0 Å². The molecule has 1 aromatic heterocycles. The molecule has 0 spiro atoms. The summed E-state index contributed by atoms with van der Waals surface area (Å²) in [7, 11) is 5.87. The first-order valence-electron chi connectivity index (χ1n) is 9.06. The van der Waals surface area contributed by atoms with Crippen molar-refractivity contribution in [3.8, 4) is 11.4 Å². The number of carbonyl (C=O) groups is 2. The Balaban J connectivity index is 1.63. The van der Waals surface area contributed by atoms with Crippen LogP contribution in [-0.4, -0.2) is 46.3 Å². The molecule has 0 unspecified atom stereocenters. The second-order valence-electron chi connectivity index (χ2n) is 6.78. The molecule has 3 aromatic rings. The molecular formula is C21H23N5O2S. The van der Waals surface area contributed by atoms with Crippen LogP contribution in [-0.2, 0) is 11.8 Å². The topological polar surface area (TPSA) is 80.1 Å². The summed E-state index contributed by atoms with van der Waals surface area (Å²) in [4.78, 5) is 25.8. The molecule has 2 aromatic carbocycles. The first-order chi connectivity index (χ1) is 13.8. The summed E-state index contributed by atoms with van der Waals surface area (Å²) < 4.78 is 1.87. The maximum absolute atomic E-state index is 12.3. The molecule has 1 amide bonds. The van der Waals surface area contributed by atoms with E-state index in [-0.39, 0.29) is 17.4 Å². The van der Waals surface area contributed by atoms with Crippen molar-refractivity contribution >= 4 is 34.8 Å². The largest absolute Gasteiger partial charge is 0.378 e. The van der Waals surface area contributed by atoms with E-state index in [9.17, 15) is 9.59 Å². The van der Waals surface area contributed by atoms with Crippen molar-refractivity contribution in [3.05, 3.63) is 54.1 Å². The van der Waals surface area contributed by atoms with Gasteiger partial charge < -0.3 is 14.8 Å². The molecule has 0 aliphatic rings. The highest BCUT2D eigenvalue weighted by atomic mass is 32.2. The minimum Gasteiger partial charge on any atom is -0.378 e. The summed E-state index contributed by atoms with van der Waals surface area (Å²) in [6.07, 6.45) is 0. The number of hydrogen-bond acceptors (Lipinski definition) is 6. The molecule has 0 fully saturated rings. The molecular weight excluding hydrogens is 386 g/mol. The minimum absolute atomic E-state index is 0.0410. The molecule has 1 heterocycles. The summed E-state index contributed by atoms with van der Waals surface area (Å²) in [6.45, 7) is 1.50. The van der Waals surface area contributed by atoms with Crippen molar-refractivity contribution in [2.75, 3.05) is 30.1 Å². The molecule has 0 saturated carbocycles. The van der Waals surface area contributed by atoms with Gasteiger partial charge in [0, 0.05) is 43.6 Å². The number of anilines is 2. The number of thioether (sulfide) groups is 1. The van der Waals surface area contributed by atoms with Crippen LogP contribution in [0.1, 0.15) is 17.3 Å². The van der Waals surface area contributed by atoms with Gasteiger partial charge in [0.15, 0.2) is 16.8 Å². The van der Waals surface area contributed by atoms with Gasteiger partial charge in [0.25, 0.3) is 0 Å². The number of nitrogens with one attached hydrogen (secondary N) is 1. The van der Waals surface area contributed by atoms with Crippen LogP contribution in [0.25, 0.3) is 11.4 Å². The lowest BCUT2D eigenvalue weighted by Crippen LogP contribution is -2.14. The van der Waals surface area contributed by atoms with E-state index in [1.807, 2.05) is 54.9 Å². The fraction of sp³-hybridized carbons (Fsp3) is 0.238. The van der Waals surface area contributed by atoms with Gasteiger partial charge >= 0.3 is 0 Å². The van der Waals surface area contributed by atoms with Crippen LogP contribution in [0.3, 0.4) is 0 Å². The molecule has 29 heavy (non-hydrogen) atoms. The fourth-order valence-electron chi connectivity index (χ4n) is 2.74. The summed E-state index contributed by atoms with van der Waals surface area (Å²) in [6, 6.07) is 15.0. The van der Waals surface area contributed by atoms with Gasteiger partial charge in [-0.2, -0.15) is 0 Å². The number of nitrogens with zero attached hydrogens (tertiary/aromatic N) is 4. The average Bonchev–Trinajstić information content (AvgIpc) is 3.07. The van der Waals surface area contributed by atoms with E-state index >= 15 is 0 Å². The lowest BCUT2D eigenvalue weighted by Gasteiger charge is -2.12. The highest BCUT2D eigenvalue weighted by Gasteiger charge is 2.13. The number of benzene rings is 2. The van der Waals surface area contributed by atoms with E-state index in [1.165, 1.54) is 18.7 Å². The van der Waals surface area contributed by atoms with Crippen LogP contribution >= 0.6 is 11.8 Å². The average molecular weight is 410 g/mol. The molecule has 3 rings (SSSR count). The summed E-state index contributed by atoms with van der Waals surface area (Å²) in [5.41, 5.74) is 3.23. The van der Waals surface area contributed by atoms with E-state index in [1.54, 1.807) is 24.3 Å². The van der Waals surface area contributed by atoms with Crippen molar-refractivity contribution in [1.29, 1.82) is 0 Å². The van der Waals surface area contributed by atoms with Gasteiger partial charge in [-0.25, -0.2) is 0 Å². The van der Waals surface area contributed by atoms with Gasteiger partial charge in [0.2, 0.25) is 5.91 Å². The number of carbonyl (C=O) groups excluding carboxylic acids is 2. The van der Waals surface area contributed by atoms with E-state index in [0.29, 0.717) is 16.4 Å². The number of Topliss-reactive ketones (excluding diaryl/α,β-unsaturated/α-hetero) is 1. The third-order valence-corrected chi connectivity index (χ3v) is 5.38. The molecule has 0 atom stereocenters. The van der Waals surface area contributed by atoms with Crippen LogP contribution in [0.2, 0.25) is 0 Å². The third kappa shape index (κ3) is 5.03. The number of hydrogen-bond donors (Lipinski definition) is 1. The van der Waals surface area contributed by atoms with Crippen molar-refractivity contribution in [1.82, 2.24) is 14.8 Å². The Bertz CT molecular complexity index is 1030. The van der Waals surface area contributed by atoms with Gasteiger partial charge in [-0.15, -0.1) is 10.2 Å². The summed E-state index contributed by atoms with van der Waals surface area (Å²) in [5.74, 6) is 0.721. The zero-order chi connectivity index (χ0) is 21.0. The van der Waals surface area contributed by atoms with Crippen LogP contribution in [0.4, 0.5) is 11.4 Å². The first-order valence-corrected chi connectivity index (χ1v) is 10.0. The Morgan fingerprint density at radius 2 is 1.83 bits per heavy atom. The fourth-order valence-corrected chi connectivity index (χ4v) is 3.45. The highest BCUT2D eigenvalue weighted by Crippen LogP contribution is 2.24. The molecule has 0 radical (unpaired) electrons. The van der Waals surface area contributed by atoms with Crippen molar-refractivity contribution in [2.45, 2.75) is 12.1 Å². The maximum Gasteiger partial charge on any atom is 0.234 e. The Hall–Kier alpha value is -3.13. The van der Waals surface area contributed by atoms with E-state index in [0.717, 1.165) is 17.1 Å². The van der Waals surface area contributed by atoms with E-state index < -0.39 is 0 Å². The second kappa shape index (κ2) is 8.91. The summed E-state index contributed by atoms with van der Waals surface area (Å²) >= 11 is 1.31. The Morgan fingerprint density at radius 3 is 2.48 bits per heavy atom. The van der Waals surface area contributed by atoms with Crippen molar-refractivity contribution in [2.24, 2.45) is 7.05 Å². The molecule has 0 aliphatic carbocycles. The minimum atomic E-state index is -0.171. The number of amides is 1. The first kappa shape index (κ1) is 20.6. The monoisotopic (exact) mass is 409 g/mol. The Morgan fingerprint density at radius 1 is 1.10 bits per heavy atom. The van der Waals surface area contributed by atoms with Crippen molar-refractivity contribution in [3.63, 3.8) is 0 Å². The normalized spacial score (nSPS) is 10.6. The SMILES string of the molecule is CC(=O)c1cccc(NC(=O)CSc2nnc(-c3ccc(N(C)C)cc3)n2C)c1. The van der Waals surface area contributed by atoms with E-state index in [2.05, 4.69) is 15.5 Å². The number of rotatable bonds is 7. The van der Waals surface area contributed by atoms with Gasteiger partial charge in [-0.1, -0.05) is 23.9 Å². The third-order valence-electron chi connectivity index (χ3n) is 4.36. The van der Waals surface area contributed by atoms with Gasteiger partial charge in [-0.05, 0) is 43.3 Å². The predicted molar refractivity (Wildman–Crippen MR) is 117 cm³/mol. The molecule has 8 heteroatoms. The zero-order valence-corrected chi connectivity index (χ0v) is 17.7. The number of aromatic nitrogens is 3. The maximum atomic E-state index is 12.3. The van der Waals surface area contributed by atoms with Gasteiger partial charge in [-0.3, -0.25) is 9.59 Å². The predicted octanol–water partition coefficient (Wildman–Crippen LogP) is 3.48. The molecule has 0 saturated heterocycles. The number of ketones is 1. The smallest absolute Gasteiger partial charge is 0.234 e.